The zero-order chi connectivity index (χ0) is 10.3. The Kier molecular flexibility index (Phi) is 5.68. The summed E-state index contributed by atoms with van der Waals surface area (Å²) in [6.07, 6.45) is 0.318. The van der Waals surface area contributed by atoms with Crippen molar-refractivity contribution in [2.45, 2.75) is 12.8 Å². The number of carboxylic acids is 1. The molecule has 0 rings (SSSR count). The molecule has 6 nitrogen and oxygen atoms in total. The fraction of sp³-hybridized carbons (Fsp3) is 0.500. The first-order valence-electron chi connectivity index (χ1n) is 3.49. The summed E-state index contributed by atoms with van der Waals surface area (Å²) in [6.45, 7) is 0.233. The van der Waals surface area contributed by atoms with Crippen molar-refractivity contribution >= 4 is 19.8 Å². The van der Waals surface area contributed by atoms with E-state index in [-0.39, 0.29) is 26.8 Å². The molecule has 0 saturated heterocycles. The van der Waals surface area contributed by atoms with E-state index in [1.54, 1.807) is 0 Å². The average Bonchev–Trinajstić information content (AvgIpc) is 2.02. The average molecular weight is 203 g/mol. The van der Waals surface area contributed by atoms with Crippen LogP contribution in [0.1, 0.15) is 12.8 Å². The Morgan fingerprint density at radius 1 is 1.69 bits per heavy atom. The van der Waals surface area contributed by atoms with Gasteiger partial charge in [0.2, 0.25) is 0 Å². The van der Waals surface area contributed by atoms with E-state index in [0.29, 0.717) is 6.42 Å². The molecule has 0 aliphatic carbocycles. The zero-order valence-corrected chi connectivity index (χ0v) is 7.75. The minimum atomic E-state index is -0.914. The fourth-order valence-corrected chi connectivity index (χ4v) is 0.968. The van der Waals surface area contributed by atoms with E-state index in [1.165, 1.54) is 0 Å². The molecule has 0 amide bonds. The van der Waals surface area contributed by atoms with E-state index in [0.717, 1.165) is 4.90 Å². The Bertz CT molecular complexity index is 297. The first-order chi connectivity index (χ1) is 6.07. The number of guanidine groups is 1. The number of nitrogens with one attached hydrogen (secondary N) is 1. The van der Waals surface area contributed by atoms with Crippen LogP contribution in [0.15, 0.2) is 0 Å². The molecule has 72 valence electrons. The molecule has 0 unspecified atom stereocenters. The number of aliphatic carboxylic acids is 1. The molecule has 0 aliphatic rings. The Hall–Kier alpha value is -1.25. The molecule has 0 atom stereocenters. The van der Waals surface area contributed by atoms with Crippen LogP contribution >= 0.6 is 7.92 Å². The van der Waals surface area contributed by atoms with E-state index in [9.17, 15) is 9.36 Å². The van der Waals surface area contributed by atoms with Crippen LogP contribution in [0.5, 0.6) is 0 Å². The van der Waals surface area contributed by atoms with Crippen molar-refractivity contribution in [1.82, 2.24) is 4.90 Å². The molecular formula is C6H10N3O3P. The predicted octanol–water partition coefficient (Wildman–Crippen LogP) is 0.255. The summed E-state index contributed by atoms with van der Waals surface area (Å²) in [5, 5.41) is 15.3. The fourth-order valence-electron chi connectivity index (χ4n) is 0.662. The van der Waals surface area contributed by atoms with Crippen molar-refractivity contribution < 1.29 is 14.5 Å². The second-order valence-electron chi connectivity index (χ2n) is 2.23. The third-order valence-corrected chi connectivity index (χ3v) is 1.55. The van der Waals surface area contributed by atoms with E-state index in [1.807, 2.05) is 0 Å². The van der Waals surface area contributed by atoms with Crippen LogP contribution in [0, 0.1) is 11.2 Å². The molecule has 0 aromatic rings. The van der Waals surface area contributed by atoms with E-state index < -0.39 is 5.97 Å². The van der Waals surface area contributed by atoms with Gasteiger partial charge in [-0.05, 0) is 0 Å². The molecule has 7 heteroatoms. The topological polar surface area (TPSA) is 107 Å². The Morgan fingerprint density at radius 3 is 2.69 bits per heavy atom. The molecule has 0 spiro atoms. The molecule has 0 fully saturated rings. The van der Waals surface area contributed by atoms with E-state index >= 15 is 0 Å². The van der Waals surface area contributed by atoms with Gasteiger partial charge < -0.3 is 0 Å². The molecule has 0 heterocycles. The normalized spacial score (nSPS) is 8.62. The van der Waals surface area contributed by atoms with Gasteiger partial charge in [-0.3, -0.25) is 0 Å². The van der Waals surface area contributed by atoms with Crippen LogP contribution in [0.4, 0.5) is 0 Å². The first-order valence-corrected chi connectivity index (χ1v) is 4.30. The molecule has 0 aromatic heterocycles. The molecule has 0 aliphatic heterocycles. The van der Waals surface area contributed by atoms with E-state index in [4.69, 9.17) is 16.2 Å². The third kappa shape index (κ3) is 5.96. The number of hydrogen-bond donors (Lipinski definition) is 3. The van der Waals surface area contributed by atoms with Gasteiger partial charge in [0.1, 0.15) is 0 Å². The van der Waals surface area contributed by atoms with E-state index in [2.05, 4.69) is 5.75 Å². The molecular weight excluding hydrogens is 193 g/mol. The van der Waals surface area contributed by atoms with Crippen LogP contribution in [0.2, 0.25) is 0 Å². The summed E-state index contributed by atoms with van der Waals surface area (Å²) < 4.78 is 10.1. The number of carbonyl (C=O) groups is 1. The number of hydrogen-bond acceptors (Lipinski definition) is 3. The molecule has 13 heavy (non-hydrogen) atoms. The number of nitrogens with two attached hydrogens (primary N) is 1. The maximum absolute atomic E-state index is 10.1. The predicted molar refractivity (Wildman–Crippen MR) is 47.0 cm³/mol. The summed E-state index contributed by atoms with van der Waals surface area (Å²) in [6, 6.07) is 0. The first kappa shape index (κ1) is 11.8. The van der Waals surface area contributed by atoms with Gasteiger partial charge >= 0.3 is 75.5 Å². The molecule has 0 aromatic carbocycles. The van der Waals surface area contributed by atoms with Gasteiger partial charge in [-0.15, -0.1) is 0 Å². The maximum atomic E-state index is 10.1. The summed E-state index contributed by atoms with van der Waals surface area (Å²) in [5.41, 5.74) is 5.10. The zero-order valence-electron chi connectivity index (χ0n) is 6.86. The quantitative estimate of drug-likeness (QED) is 0.263. The SMILES string of the molecule is N=C(N)N(C#P=O)CCCC(=O)O. The van der Waals surface area contributed by atoms with Crippen LogP contribution in [-0.4, -0.2) is 28.5 Å². The number of rotatable bonds is 4. The summed E-state index contributed by atoms with van der Waals surface area (Å²) in [5.74, 6) is 1.05. The Balaban J connectivity index is 3.95. The van der Waals surface area contributed by atoms with Gasteiger partial charge in [0.05, 0.1) is 0 Å². The van der Waals surface area contributed by atoms with Gasteiger partial charge in [0, 0.05) is 0 Å². The van der Waals surface area contributed by atoms with Gasteiger partial charge in [0.25, 0.3) is 0 Å². The third-order valence-electron chi connectivity index (χ3n) is 1.22. The van der Waals surface area contributed by atoms with Crippen LogP contribution in [0.3, 0.4) is 0 Å². The van der Waals surface area contributed by atoms with Gasteiger partial charge in [-0.25, -0.2) is 0 Å². The van der Waals surface area contributed by atoms with Crippen molar-refractivity contribution in [2.75, 3.05) is 6.54 Å². The standard InChI is InChI=1S/C6H10N3O3P/c7-6(8)9(4-13-12)3-1-2-5(10)11/h1-3H2,(H3,7,8)(H,10,11). The summed E-state index contributed by atoms with van der Waals surface area (Å²) in [7, 11) is -0.376. The van der Waals surface area contributed by atoms with Crippen molar-refractivity contribution in [2.24, 2.45) is 5.73 Å². The molecule has 0 bridgehead atoms. The van der Waals surface area contributed by atoms with Crippen molar-refractivity contribution in [3.63, 3.8) is 0 Å². The number of carboxylic acid groups (broad SMARTS) is 1. The van der Waals surface area contributed by atoms with Crippen LogP contribution in [-0.2, 0) is 9.36 Å². The van der Waals surface area contributed by atoms with Gasteiger partial charge in [0.15, 0.2) is 0 Å². The van der Waals surface area contributed by atoms with Crippen molar-refractivity contribution in [3.05, 3.63) is 0 Å². The monoisotopic (exact) mass is 203 g/mol. The van der Waals surface area contributed by atoms with Gasteiger partial charge in [-0.1, -0.05) is 0 Å². The molecule has 0 radical (unpaired) electrons. The summed E-state index contributed by atoms with van der Waals surface area (Å²) in [4.78, 5) is 11.2. The Labute approximate surface area is 76.3 Å². The molecule has 0 saturated carbocycles. The van der Waals surface area contributed by atoms with Gasteiger partial charge in [-0.2, -0.15) is 0 Å². The van der Waals surface area contributed by atoms with Crippen molar-refractivity contribution in [1.29, 1.82) is 5.41 Å². The van der Waals surface area contributed by atoms with Crippen molar-refractivity contribution in [3.8, 4) is 5.75 Å². The minimum absolute atomic E-state index is 0.0127. The Morgan fingerprint density at radius 2 is 2.31 bits per heavy atom. The summed E-state index contributed by atoms with van der Waals surface area (Å²) >= 11 is 0. The molecule has 4 N–H and O–H groups in total. The van der Waals surface area contributed by atoms with Crippen LogP contribution < -0.4 is 5.73 Å². The second-order valence-corrected chi connectivity index (χ2v) is 2.61. The number of nitrogens with zero attached hydrogens (tertiary/aromatic N) is 1. The second kappa shape index (κ2) is 6.29. The van der Waals surface area contributed by atoms with Crippen LogP contribution in [0.25, 0.3) is 0 Å².